The molecule has 0 saturated carbocycles. The van der Waals surface area contributed by atoms with Crippen molar-refractivity contribution in [3.63, 3.8) is 0 Å². The number of rotatable bonds is 3. The van der Waals surface area contributed by atoms with Crippen LogP contribution in [0.1, 0.15) is 19.4 Å². The third-order valence-electron chi connectivity index (χ3n) is 2.43. The number of hydrogen-bond acceptors (Lipinski definition) is 4. The zero-order valence-electron chi connectivity index (χ0n) is 9.28. The molecule has 0 bridgehead atoms. The number of ether oxygens (including phenoxy) is 1. The monoisotopic (exact) mass is 285 g/mol. The predicted molar refractivity (Wildman–Crippen MR) is 64.6 cm³/mol. The number of esters is 1. The van der Waals surface area contributed by atoms with Crippen molar-refractivity contribution in [3.05, 3.63) is 33.1 Å². The van der Waals surface area contributed by atoms with Crippen LogP contribution in [0, 0.1) is 4.91 Å². The van der Waals surface area contributed by atoms with Gasteiger partial charge in [-0.15, -0.1) is 4.91 Å². The van der Waals surface area contributed by atoms with Crippen LogP contribution in [0.25, 0.3) is 0 Å². The molecule has 1 aromatic carbocycles. The zero-order chi connectivity index (χ0) is 12.3. The Morgan fingerprint density at radius 1 is 1.44 bits per heavy atom. The van der Waals surface area contributed by atoms with E-state index in [9.17, 15) is 9.70 Å². The first-order valence-corrected chi connectivity index (χ1v) is 5.44. The van der Waals surface area contributed by atoms with Gasteiger partial charge in [0.1, 0.15) is 5.69 Å². The lowest BCUT2D eigenvalue weighted by atomic mass is 9.84. The van der Waals surface area contributed by atoms with Crippen LogP contribution in [0.4, 0.5) is 5.69 Å². The highest BCUT2D eigenvalue weighted by molar-refractivity contribution is 9.10. The molecule has 5 heteroatoms. The number of halogens is 1. The minimum Gasteiger partial charge on any atom is -0.468 e. The number of methoxy groups -OCH3 is 1. The van der Waals surface area contributed by atoms with Crippen molar-refractivity contribution in [2.45, 2.75) is 19.3 Å². The molecule has 0 spiro atoms. The second-order valence-corrected chi connectivity index (χ2v) is 4.79. The maximum Gasteiger partial charge on any atom is 0.315 e. The Morgan fingerprint density at radius 2 is 2.06 bits per heavy atom. The second kappa shape index (κ2) is 4.74. The summed E-state index contributed by atoms with van der Waals surface area (Å²) >= 11 is 3.24. The Kier molecular flexibility index (Phi) is 3.80. The van der Waals surface area contributed by atoms with Crippen molar-refractivity contribution >= 4 is 27.6 Å². The smallest absolute Gasteiger partial charge is 0.315 e. The van der Waals surface area contributed by atoms with E-state index in [1.54, 1.807) is 32.0 Å². The SMILES string of the molecule is COC(=O)C(C)(C)c1ccc(Br)cc1N=O. The topological polar surface area (TPSA) is 55.7 Å². The van der Waals surface area contributed by atoms with E-state index in [0.29, 0.717) is 5.56 Å². The van der Waals surface area contributed by atoms with E-state index in [0.717, 1.165) is 4.47 Å². The third kappa shape index (κ3) is 2.29. The van der Waals surface area contributed by atoms with Crippen molar-refractivity contribution < 1.29 is 9.53 Å². The average Bonchev–Trinajstić information content (AvgIpc) is 2.27. The molecule has 0 saturated heterocycles. The first kappa shape index (κ1) is 12.8. The lowest BCUT2D eigenvalue weighted by molar-refractivity contribution is -0.146. The van der Waals surface area contributed by atoms with Gasteiger partial charge in [0.05, 0.1) is 12.5 Å². The van der Waals surface area contributed by atoms with Gasteiger partial charge in [-0.05, 0) is 36.7 Å². The Balaban J connectivity index is 3.32. The number of nitrogens with zero attached hydrogens (tertiary/aromatic N) is 1. The van der Waals surface area contributed by atoms with E-state index < -0.39 is 11.4 Å². The molecule has 86 valence electrons. The van der Waals surface area contributed by atoms with E-state index in [4.69, 9.17) is 4.74 Å². The van der Waals surface area contributed by atoms with Crippen LogP contribution in [0.15, 0.2) is 27.8 Å². The lowest BCUT2D eigenvalue weighted by Gasteiger charge is -2.22. The molecule has 0 aliphatic heterocycles. The zero-order valence-corrected chi connectivity index (χ0v) is 10.9. The van der Waals surface area contributed by atoms with Gasteiger partial charge in [0, 0.05) is 4.47 Å². The second-order valence-electron chi connectivity index (χ2n) is 3.87. The van der Waals surface area contributed by atoms with Crippen LogP contribution in [0.2, 0.25) is 0 Å². The fraction of sp³-hybridized carbons (Fsp3) is 0.364. The minimum atomic E-state index is -0.890. The molecule has 0 aliphatic carbocycles. The van der Waals surface area contributed by atoms with Crippen molar-refractivity contribution in [2.24, 2.45) is 5.18 Å². The van der Waals surface area contributed by atoms with Crippen LogP contribution in [0.5, 0.6) is 0 Å². The van der Waals surface area contributed by atoms with Gasteiger partial charge in [0.25, 0.3) is 0 Å². The van der Waals surface area contributed by atoms with Crippen molar-refractivity contribution in [1.82, 2.24) is 0 Å². The standard InChI is InChI=1S/C11H12BrNO3/c1-11(2,10(14)16-3)8-5-4-7(12)6-9(8)13-15/h4-6H,1-3H3. The summed E-state index contributed by atoms with van der Waals surface area (Å²) in [7, 11) is 1.32. The number of benzene rings is 1. The third-order valence-corrected chi connectivity index (χ3v) is 2.92. The van der Waals surface area contributed by atoms with Crippen LogP contribution in [-0.2, 0) is 14.9 Å². The van der Waals surface area contributed by atoms with Crippen LogP contribution in [-0.4, -0.2) is 13.1 Å². The van der Waals surface area contributed by atoms with Gasteiger partial charge in [-0.2, -0.15) is 0 Å². The molecular weight excluding hydrogens is 274 g/mol. The van der Waals surface area contributed by atoms with Crippen LogP contribution < -0.4 is 0 Å². The fourth-order valence-corrected chi connectivity index (χ4v) is 1.82. The summed E-state index contributed by atoms with van der Waals surface area (Å²) < 4.78 is 5.45. The van der Waals surface area contributed by atoms with Gasteiger partial charge < -0.3 is 4.74 Å². The van der Waals surface area contributed by atoms with Crippen molar-refractivity contribution in [3.8, 4) is 0 Å². The summed E-state index contributed by atoms with van der Waals surface area (Å²) in [5.74, 6) is -0.403. The number of carbonyl (C=O) groups is 1. The highest BCUT2D eigenvalue weighted by Crippen LogP contribution is 2.34. The van der Waals surface area contributed by atoms with E-state index in [1.165, 1.54) is 7.11 Å². The Hall–Kier alpha value is -1.23. The number of nitroso groups, excluding NO2 is 1. The Bertz CT molecular complexity index is 429. The summed E-state index contributed by atoms with van der Waals surface area (Å²) in [6, 6.07) is 5.03. The van der Waals surface area contributed by atoms with E-state index >= 15 is 0 Å². The van der Waals surface area contributed by atoms with Gasteiger partial charge in [0.2, 0.25) is 0 Å². The van der Waals surface area contributed by atoms with Crippen molar-refractivity contribution in [1.29, 1.82) is 0 Å². The minimum absolute atomic E-state index is 0.241. The normalized spacial score (nSPS) is 11.0. The summed E-state index contributed by atoms with van der Waals surface area (Å²) in [5.41, 5.74) is -0.0964. The first-order valence-electron chi connectivity index (χ1n) is 4.65. The van der Waals surface area contributed by atoms with E-state index in [2.05, 4.69) is 21.1 Å². The van der Waals surface area contributed by atoms with Crippen LogP contribution in [0.3, 0.4) is 0 Å². The summed E-state index contributed by atoms with van der Waals surface area (Å²) in [6.07, 6.45) is 0. The van der Waals surface area contributed by atoms with Gasteiger partial charge in [-0.3, -0.25) is 4.79 Å². The molecule has 0 heterocycles. The highest BCUT2D eigenvalue weighted by atomic mass is 79.9. The molecule has 0 unspecified atom stereocenters. The van der Waals surface area contributed by atoms with Gasteiger partial charge >= 0.3 is 5.97 Å². The molecule has 1 aromatic rings. The molecule has 0 amide bonds. The number of hydrogen-bond donors (Lipinski definition) is 0. The van der Waals surface area contributed by atoms with Gasteiger partial charge in [-0.1, -0.05) is 22.0 Å². The molecule has 16 heavy (non-hydrogen) atoms. The Labute approximate surface area is 102 Å². The average molecular weight is 286 g/mol. The van der Waals surface area contributed by atoms with E-state index in [1.807, 2.05) is 0 Å². The number of carbonyl (C=O) groups excluding carboxylic acids is 1. The quantitative estimate of drug-likeness (QED) is 0.632. The molecular formula is C11H12BrNO3. The maximum absolute atomic E-state index is 11.6. The first-order chi connectivity index (χ1) is 7.43. The van der Waals surface area contributed by atoms with E-state index in [-0.39, 0.29) is 5.69 Å². The molecule has 0 aromatic heterocycles. The van der Waals surface area contributed by atoms with Gasteiger partial charge in [-0.25, -0.2) is 0 Å². The molecule has 0 atom stereocenters. The predicted octanol–water partition coefficient (Wildman–Crippen LogP) is 3.30. The molecule has 1 rings (SSSR count). The fourth-order valence-electron chi connectivity index (χ4n) is 1.47. The summed E-state index contributed by atoms with van der Waals surface area (Å²) in [4.78, 5) is 22.3. The molecule has 4 nitrogen and oxygen atoms in total. The molecule has 0 fully saturated rings. The van der Waals surface area contributed by atoms with Crippen LogP contribution >= 0.6 is 15.9 Å². The molecule has 0 aliphatic rings. The summed E-state index contributed by atoms with van der Waals surface area (Å²) in [5, 5.41) is 2.93. The maximum atomic E-state index is 11.6. The van der Waals surface area contributed by atoms with Crippen molar-refractivity contribution in [2.75, 3.05) is 7.11 Å². The highest BCUT2D eigenvalue weighted by Gasteiger charge is 2.33. The summed E-state index contributed by atoms with van der Waals surface area (Å²) in [6.45, 7) is 3.38. The largest absolute Gasteiger partial charge is 0.468 e. The Morgan fingerprint density at radius 3 is 2.56 bits per heavy atom. The molecule has 0 radical (unpaired) electrons. The molecule has 0 N–H and O–H groups in total. The van der Waals surface area contributed by atoms with Gasteiger partial charge in [0.15, 0.2) is 0 Å². The lowest BCUT2D eigenvalue weighted by Crippen LogP contribution is -2.30.